The van der Waals surface area contributed by atoms with Crippen molar-refractivity contribution in [1.29, 1.82) is 0 Å². The lowest BCUT2D eigenvalue weighted by Gasteiger charge is -2.52. The molecule has 2 rings (SSSR count). The summed E-state index contributed by atoms with van der Waals surface area (Å²) >= 11 is 0. The Morgan fingerprint density at radius 2 is 1.95 bits per heavy atom. The van der Waals surface area contributed by atoms with Crippen molar-refractivity contribution >= 4 is 5.97 Å². The van der Waals surface area contributed by atoms with Gasteiger partial charge in [0.1, 0.15) is 5.41 Å². The fraction of sp³-hybridized carbons (Fsp3) is 0.471. The van der Waals surface area contributed by atoms with Crippen molar-refractivity contribution in [2.75, 3.05) is 14.1 Å². The van der Waals surface area contributed by atoms with Crippen molar-refractivity contribution in [2.45, 2.75) is 37.1 Å². The molecule has 1 aromatic rings. The normalized spacial score (nSPS) is 29.6. The predicted octanol–water partition coefficient (Wildman–Crippen LogP) is 3.07. The highest BCUT2D eigenvalue weighted by molar-refractivity contribution is 5.84. The van der Waals surface area contributed by atoms with Gasteiger partial charge in [-0.2, -0.15) is 0 Å². The number of nitrogens with zero attached hydrogens (tertiary/aromatic N) is 1. The Hall–Kier alpha value is -1.61. The molecule has 0 radical (unpaired) electrons. The average Bonchev–Trinajstić information content (AvgIpc) is 2.47. The summed E-state index contributed by atoms with van der Waals surface area (Å²) in [6.07, 6.45) is 6.41. The first-order chi connectivity index (χ1) is 9.51. The largest absolute Gasteiger partial charge is 0.481 e. The van der Waals surface area contributed by atoms with Crippen LogP contribution in [0.3, 0.4) is 0 Å². The van der Waals surface area contributed by atoms with Crippen molar-refractivity contribution < 1.29 is 9.90 Å². The van der Waals surface area contributed by atoms with Crippen molar-refractivity contribution in [3.63, 3.8) is 0 Å². The fourth-order valence-electron chi connectivity index (χ4n) is 3.74. The number of likely N-dealkylation sites (N-methyl/N-ethyl adjacent to an activating group) is 1. The van der Waals surface area contributed by atoms with Gasteiger partial charge in [0, 0.05) is 0 Å². The van der Waals surface area contributed by atoms with Crippen LogP contribution in [0, 0.1) is 0 Å². The van der Waals surface area contributed by atoms with Crippen LogP contribution in [0.4, 0.5) is 0 Å². The molecule has 0 heterocycles. The summed E-state index contributed by atoms with van der Waals surface area (Å²) in [5.41, 5.74) is -0.480. The van der Waals surface area contributed by atoms with Crippen LogP contribution in [-0.2, 0) is 10.2 Å². The summed E-state index contributed by atoms with van der Waals surface area (Å²) in [6.45, 7) is 2.07. The van der Waals surface area contributed by atoms with Gasteiger partial charge in [0.05, 0.1) is 5.54 Å². The molecule has 0 spiro atoms. The molecule has 0 amide bonds. The number of allylic oxidation sites excluding steroid dienone is 1. The van der Waals surface area contributed by atoms with Crippen LogP contribution < -0.4 is 0 Å². The van der Waals surface area contributed by atoms with Crippen LogP contribution in [0.1, 0.15) is 31.7 Å². The van der Waals surface area contributed by atoms with Crippen LogP contribution in [0.2, 0.25) is 0 Å². The summed E-state index contributed by atoms with van der Waals surface area (Å²) in [4.78, 5) is 14.4. The number of aliphatic carboxylic acids is 1. The van der Waals surface area contributed by atoms with Crippen LogP contribution in [0.25, 0.3) is 0 Å². The van der Waals surface area contributed by atoms with Gasteiger partial charge in [-0.15, -0.1) is 0 Å². The maximum Gasteiger partial charge on any atom is 0.316 e. The molecule has 1 aromatic carbocycles. The molecule has 0 saturated carbocycles. The van der Waals surface area contributed by atoms with Gasteiger partial charge in [0.2, 0.25) is 0 Å². The Labute approximate surface area is 120 Å². The molecule has 20 heavy (non-hydrogen) atoms. The van der Waals surface area contributed by atoms with Gasteiger partial charge in [0.25, 0.3) is 0 Å². The molecule has 0 aliphatic heterocycles. The van der Waals surface area contributed by atoms with E-state index < -0.39 is 16.9 Å². The van der Waals surface area contributed by atoms with Crippen LogP contribution >= 0.6 is 0 Å². The van der Waals surface area contributed by atoms with E-state index in [-0.39, 0.29) is 0 Å². The standard InChI is InChI=1S/C17H23NO2/c1-4-16(18(2)3)12-8-9-13-17(16,15(19)20)14-10-6-5-7-11-14/h5-8,10-12H,4,9,13H2,1-3H3,(H,19,20)/t16-,17-/m1/s1. The van der Waals surface area contributed by atoms with Gasteiger partial charge >= 0.3 is 5.97 Å². The molecular formula is C17H23NO2. The quantitative estimate of drug-likeness (QED) is 0.857. The van der Waals surface area contributed by atoms with Gasteiger partial charge in [0.15, 0.2) is 0 Å². The third-order valence-corrected chi connectivity index (χ3v) is 4.79. The van der Waals surface area contributed by atoms with Gasteiger partial charge in [-0.25, -0.2) is 0 Å². The fourth-order valence-corrected chi connectivity index (χ4v) is 3.74. The van der Waals surface area contributed by atoms with E-state index in [1.165, 1.54) is 0 Å². The molecule has 0 saturated heterocycles. The predicted molar refractivity (Wildman–Crippen MR) is 80.8 cm³/mol. The zero-order valence-corrected chi connectivity index (χ0v) is 12.5. The minimum absolute atomic E-state index is 0.488. The summed E-state index contributed by atoms with van der Waals surface area (Å²) in [7, 11) is 3.94. The minimum Gasteiger partial charge on any atom is -0.481 e. The Balaban J connectivity index is 2.73. The Kier molecular flexibility index (Phi) is 4.00. The first-order valence-electron chi connectivity index (χ1n) is 7.15. The van der Waals surface area contributed by atoms with Crippen LogP contribution in [-0.4, -0.2) is 35.6 Å². The Morgan fingerprint density at radius 3 is 2.45 bits per heavy atom. The molecule has 0 bridgehead atoms. The van der Waals surface area contributed by atoms with Crippen molar-refractivity contribution in [3.8, 4) is 0 Å². The monoisotopic (exact) mass is 273 g/mol. The van der Waals surface area contributed by atoms with Gasteiger partial charge in [-0.05, 0) is 38.9 Å². The summed E-state index contributed by atoms with van der Waals surface area (Å²) in [6, 6.07) is 9.67. The first-order valence-corrected chi connectivity index (χ1v) is 7.15. The summed E-state index contributed by atoms with van der Waals surface area (Å²) in [5.74, 6) is -0.733. The van der Waals surface area contributed by atoms with E-state index in [2.05, 4.69) is 24.0 Å². The molecule has 0 aromatic heterocycles. The van der Waals surface area contributed by atoms with E-state index in [4.69, 9.17) is 0 Å². The molecule has 0 fully saturated rings. The third kappa shape index (κ3) is 1.88. The molecular weight excluding hydrogens is 250 g/mol. The number of carbonyl (C=O) groups is 1. The van der Waals surface area contributed by atoms with Crippen molar-refractivity contribution in [3.05, 3.63) is 48.0 Å². The van der Waals surface area contributed by atoms with Gasteiger partial charge < -0.3 is 5.11 Å². The van der Waals surface area contributed by atoms with E-state index in [1.807, 2.05) is 44.4 Å². The number of carboxylic acid groups (broad SMARTS) is 1. The van der Waals surface area contributed by atoms with Gasteiger partial charge in [-0.1, -0.05) is 49.4 Å². The average molecular weight is 273 g/mol. The second-order valence-electron chi connectivity index (χ2n) is 5.69. The molecule has 1 aliphatic carbocycles. The molecule has 2 atom stereocenters. The molecule has 3 heteroatoms. The minimum atomic E-state index is -0.888. The van der Waals surface area contributed by atoms with E-state index in [0.717, 1.165) is 18.4 Å². The van der Waals surface area contributed by atoms with E-state index in [9.17, 15) is 9.90 Å². The first kappa shape index (κ1) is 14.8. The van der Waals surface area contributed by atoms with Gasteiger partial charge in [-0.3, -0.25) is 9.69 Å². The highest BCUT2D eigenvalue weighted by Crippen LogP contribution is 2.48. The molecule has 108 valence electrons. The maximum atomic E-state index is 12.3. The van der Waals surface area contributed by atoms with E-state index >= 15 is 0 Å². The molecule has 1 N–H and O–H groups in total. The number of hydrogen-bond acceptors (Lipinski definition) is 2. The number of hydrogen-bond donors (Lipinski definition) is 1. The SMILES string of the molecule is CC[C@@]1(N(C)C)C=CCC[C@]1(C(=O)O)c1ccccc1. The zero-order chi connectivity index (χ0) is 14.8. The lowest BCUT2D eigenvalue weighted by Crippen LogP contribution is -2.63. The highest BCUT2D eigenvalue weighted by Gasteiger charge is 2.57. The molecule has 1 aliphatic rings. The number of rotatable bonds is 4. The van der Waals surface area contributed by atoms with E-state index in [1.54, 1.807) is 0 Å². The second-order valence-corrected chi connectivity index (χ2v) is 5.69. The number of benzene rings is 1. The molecule has 0 unspecified atom stereocenters. The molecule has 3 nitrogen and oxygen atoms in total. The number of carboxylic acids is 1. The van der Waals surface area contributed by atoms with Crippen molar-refractivity contribution in [1.82, 2.24) is 4.90 Å². The summed E-state index contributed by atoms with van der Waals surface area (Å²) in [5, 5.41) is 10.1. The third-order valence-electron chi connectivity index (χ3n) is 4.79. The lowest BCUT2D eigenvalue weighted by atomic mass is 9.58. The zero-order valence-electron chi connectivity index (χ0n) is 12.5. The Morgan fingerprint density at radius 1 is 1.30 bits per heavy atom. The lowest BCUT2D eigenvalue weighted by molar-refractivity contribution is -0.150. The van der Waals surface area contributed by atoms with Crippen LogP contribution in [0.5, 0.6) is 0 Å². The Bertz CT molecular complexity index is 509. The highest BCUT2D eigenvalue weighted by atomic mass is 16.4. The second kappa shape index (κ2) is 5.41. The van der Waals surface area contributed by atoms with E-state index in [0.29, 0.717) is 6.42 Å². The summed E-state index contributed by atoms with van der Waals surface area (Å²) < 4.78 is 0. The van der Waals surface area contributed by atoms with Crippen LogP contribution in [0.15, 0.2) is 42.5 Å². The maximum absolute atomic E-state index is 12.3. The van der Waals surface area contributed by atoms with Crippen molar-refractivity contribution in [2.24, 2.45) is 0 Å². The smallest absolute Gasteiger partial charge is 0.316 e. The topological polar surface area (TPSA) is 40.5 Å².